The van der Waals surface area contributed by atoms with Crippen LogP contribution in [-0.4, -0.2) is 47.8 Å². The topological polar surface area (TPSA) is 40.6 Å². The molecule has 1 aromatic carbocycles. The summed E-state index contributed by atoms with van der Waals surface area (Å²) in [5.41, 5.74) is 0.517. The van der Waals surface area contributed by atoms with E-state index < -0.39 is 0 Å². The first-order valence-corrected chi connectivity index (χ1v) is 8.76. The fourth-order valence-corrected chi connectivity index (χ4v) is 3.63. The SMILES string of the molecule is O=C(c1ccc(Br)cc1Cl)N1CCN(C(=O)C2CCC2)CC1. The Morgan fingerprint density at radius 3 is 2.27 bits per heavy atom. The number of benzene rings is 1. The Kier molecular flexibility index (Phi) is 4.73. The highest BCUT2D eigenvalue weighted by molar-refractivity contribution is 9.10. The molecule has 6 heteroatoms. The van der Waals surface area contributed by atoms with E-state index in [1.165, 1.54) is 0 Å². The third kappa shape index (κ3) is 3.15. The number of halogens is 2. The summed E-state index contributed by atoms with van der Waals surface area (Å²) in [6, 6.07) is 5.28. The zero-order chi connectivity index (χ0) is 15.7. The van der Waals surface area contributed by atoms with Gasteiger partial charge in [0.25, 0.3) is 5.91 Å². The molecule has 1 heterocycles. The molecule has 2 fully saturated rings. The Morgan fingerprint density at radius 1 is 1.09 bits per heavy atom. The third-order valence-electron chi connectivity index (χ3n) is 4.49. The van der Waals surface area contributed by atoms with E-state index in [0.29, 0.717) is 36.8 Å². The predicted molar refractivity (Wildman–Crippen MR) is 89.0 cm³/mol. The second kappa shape index (κ2) is 6.59. The quantitative estimate of drug-likeness (QED) is 0.784. The molecule has 0 N–H and O–H groups in total. The van der Waals surface area contributed by atoms with Crippen LogP contribution in [0.1, 0.15) is 29.6 Å². The first kappa shape index (κ1) is 15.8. The number of hydrogen-bond acceptors (Lipinski definition) is 2. The lowest BCUT2D eigenvalue weighted by Gasteiger charge is -2.38. The summed E-state index contributed by atoms with van der Waals surface area (Å²) >= 11 is 9.49. The lowest BCUT2D eigenvalue weighted by Crippen LogP contribution is -2.52. The molecule has 0 atom stereocenters. The Morgan fingerprint density at radius 2 is 1.73 bits per heavy atom. The van der Waals surface area contributed by atoms with Crippen molar-refractivity contribution in [3.8, 4) is 0 Å². The van der Waals surface area contributed by atoms with Crippen LogP contribution in [0.2, 0.25) is 5.02 Å². The van der Waals surface area contributed by atoms with E-state index in [1.54, 1.807) is 17.0 Å². The van der Waals surface area contributed by atoms with Crippen LogP contribution < -0.4 is 0 Å². The van der Waals surface area contributed by atoms with Crippen LogP contribution in [0.5, 0.6) is 0 Å². The van der Waals surface area contributed by atoms with Crippen LogP contribution in [0.4, 0.5) is 0 Å². The van der Waals surface area contributed by atoms with E-state index in [0.717, 1.165) is 23.7 Å². The number of piperazine rings is 1. The Labute approximate surface area is 143 Å². The van der Waals surface area contributed by atoms with Gasteiger partial charge in [-0.15, -0.1) is 0 Å². The summed E-state index contributed by atoms with van der Waals surface area (Å²) in [6.45, 7) is 2.39. The number of amides is 2. The molecule has 0 radical (unpaired) electrons. The number of hydrogen-bond donors (Lipinski definition) is 0. The second-order valence-electron chi connectivity index (χ2n) is 5.87. The van der Waals surface area contributed by atoms with Gasteiger partial charge in [0.2, 0.25) is 5.91 Å². The van der Waals surface area contributed by atoms with Crippen LogP contribution >= 0.6 is 27.5 Å². The van der Waals surface area contributed by atoms with Gasteiger partial charge in [-0.25, -0.2) is 0 Å². The van der Waals surface area contributed by atoms with Crippen molar-refractivity contribution < 1.29 is 9.59 Å². The van der Waals surface area contributed by atoms with Gasteiger partial charge in [0, 0.05) is 36.6 Å². The van der Waals surface area contributed by atoms with Crippen molar-refractivity contribution in [2.45, 2.75) is 19.3 Å². The minimum atomic E-state index is -0.0618. The maximum absolute atomic E-state index is 12.5. The second-order valence-corrected chi connectivity index (χ2v) is 7.19. The molecule has 0 unspecified atom stereocenters. The third-order valence-corrected chi connectivity index (χ3v) is 5.30. The largest absolute Gasteiger partial charge is 0.339 e. The van der Waals surface area contributed by atoms with Crippen molar-refractivity contribution in [2.75, 3.05) is 26.2 Å². The van der Waals surface area contributed by atoms with Gasteiger partial charge in [-0.1, -0.05) is 34.0 Å². The summed E-state index contributed by atoms with van der Waals surface area (Å²) in [6.07, 6.45) is 3.20. The highest BCUT2D eigenvalue weighted by atomic mass is 79.9. The molecular formula is C16H18BrClN2O2. The van der Waals surface area contributed by atoms with E-state index in [-0.39, 0.29) is 17.7 Å². The van der Waals surface area contributed by atoms with Gasteiger partial charge in [0.05, 0.1) is 10.6 Å². The van der Waals surface area contributed by atoms with E-state index in [9.17, 15) is 9.59 Å². The van der Waals surface area contributed by atoms with E-state index in [2.05, 4.69) is 15.9 Å². The zero-order valence-corrected chi connectivity index (χ0v) is 14.6. The van der Waals surface area contributed by atoms with Crippen LogP contribution in [0, 0.1) is 5.92 Å². The highest BCUT2D eigenvalue weighted by Crippen LogP contribution is 2.29. The van der Waals surface area contributed by atoms with Crippen molar-refractivity contribution in [1.29, 1.82) is 0 Å². The first-order chi connectivity index (χ1) is 10.6. The van der Waals surface area contributed by atoms with Crippen molar-refractivity contribution >= 4 is 39.3 Å². The van der Waals surface area contributed by atoms with Crippen LogP contribution in [0.25, 0.3) is 0 Å². The summed E-state index contributed by atoms with van der Waals surface area (Å²) in [5, 5.41) is 0.451. The van der Waals surface area contributed by atoms with Gasteiger partial charge in [-0.05, 0) is 31.0 Å². The predicted octanol–water partition coefficient (Wildman–Crippen LogP) is 3.19. The molecule has 1 aliphatic carbocycles. The van der Waals surface area contributed by atoms with Crippen molar-refractivity contribution in [3.05, 3.63) is 33.3 Å². The van der Waals surface area contributed by atoms with E-state index >= 15 is 0 Å². The van der Waals surface area contributed by atoms with Crippen molar-refractivity contribution in [1.82, 2.24) is 9.80 Å². The van der Waals surface area contributed by atoms with Crippen molar-refractivity contribution in [3.63, 3.8) is 0 Å². The van der Waals surface area contributed by atoms with E-state index in [4.69, 9.17) is 11.6 Å². The molecule has 0 aromatic heterocycles. The number of carbonyl (C=O) groups excluding carboxylic acids is 2. The Balaban J connectivity index is 1.60. The van der Waals surface area contributed by atoms with Gasteiger partial charge in [-0.2, -0.15) is 0 Å². The first-order valence-electron chi connectivity index (χ1n) is 7.59. The summed E-state index contributed by atoms with van der Waals surface area (Å²) in [4.78, 5) is 28.4. The average molecular weight is 386 g/mol. The molecular weight excluding hydrogens is 368 g/mol. The molecule has 2 aliphatic rings. The fourth-order valence-electron chi connectivity index (χ4n) is 2.88. The fraction of sp³-hybridized carbons (Fsp3) is 0.500. The van der Waals surface area contributed by atoms with Gasteiger partial charge >= 0.3 is 0 Å². The molecule has 4 nitrogen and oxygen atoms in total. The lowest BCUT2D eigenvalue weighted by atomic mass is 9.84. The number of nitrogens with zero attached hydrogens (tertiary/aromatic N) is 2. The molecule has 1 saturated carbocycles. The van der Waals surface area contributed by atoms with Crippen LogP contribution in [-0.2, 0) is 4.79 Å². The highest BCUT2D eigenvalue weighted by Gasteiger charge is 2.32. The molecule has 0 spiro atoms. The van der Waals surface area contributed by atoms with Crippen LogP contribution in [0.3, 0.4) is 0 Å². The Hall–Kier alpha value is -1.07. The summed E-state index contributed by atoms with van der Waals surface area (Å²) < 4.78 is 0.852. The molecule has 0 bridgehead atoms. The van der Waals surface area contributed by atoms with Gasteiger partial charge in [-0.3, -0.25) is 9.59 Å². The molecule has 1 aliphatic heterocycles. The maximum Gasteiger partial charge on any atom is 0.255 e. The Bertz CT molecular complexity index is 596. The molecule has 118 valence electrons. The van der Waals surface area contributed by atoms with E-state index in [1.807, 2.05) is 11.0 Å². The summed E-state index contributed by atoms with van der Waals surface area (Å²) in [7, 11) is 0. The van der Waals surface area contributed by atoms with Crippen LogP contribution in [0.15, 0.2) is 22.7 Å². The standard InChI is InChI=1S/C16H18BrClN2O2/c17-12-4-5-13(14(18)10-12)16(22)20-8-6-19(7-9-20)15(21)11-2-1-3-11/h4-5,10-11H,1-3,6-9H2. The van der Waals surface area contributed by atoms with Gasteiger partial charge in [0.1, 0.15) is 0 Å². The lowest BCUT2D eigenvalue weighted by molar-refractivity contribution is -0.139. The maximum atomic E-state index is 12.5. The monoisotopic (exact) mass is 384 g/mol. The number of carbonyl (C=O) groups is 2. The van der Waals surface area contributed by atoms with Crippen molar-refractivity contribution in [2.24, 2.45) is 5.92 Å². The summed E-state index contributed by atoms with van der Waals surface area (Å²) in [5.74, 6) is 0.427. The number of rotatable bonds is 2. The van der Waals surface area contributed by atoms with Gasteiger partial charge < -0.3 is 9.80 Å². The average Bonchev–Trinajstić information content (AvgIpc) is 2.45. The van der Waals surface area contributed by atoms with Gasteiger partial charge in [0.15, 0.2) is 0 Å². The zero-order valence-electron chi connectivity index (χ0n) is 12.2. The molecule has 1 aromatic rings. The molecule has 2 amide bonds. The minimum absolute atomic E-state index is 0.0618. The molecule has 1 saturated heterocycles. The molecule has 22 heavy (non-hydrogen) atoms. The minimum Gasteiger partial charge on any atom is -0.339 e. The molecule has 3 rings (SSSR count). The smallest absolute Gasteiger partial charge is 0.255 e. The normalized spacial score (nSPS) is 19.0.